The molecule has 2 N–H and O–H groups in total. The molecule has 1 aliphatic heterocycles. The van der Waals surface area contributed by atoms with Crippen LogP contribution in [0, 0.1) is 17.5 Å². The van der Waals surface area contributed by atoms with Gasteiger partial charge in [0.1, 0.15) is 23.1 Å². The highest BCUT2D eigenvalue weighted by Crippen LogP contribution is 2.34. The number of ether oxygens (including phenoxy) is 1. The number of rotatable bonds is 5. The highest BCUT2D eigenvalue weighted by molar-refractivity contribution is 6.06. The number of anilines is 2. The second-order valence-electron chi connectivity index (χ2n) is 7.19. The first-order chi connectivity index (χ1) is 15.5. The van der Waals surface area contributed by atoms with Crippen molar-refractivity contribution in [2.75, 3.05) is 43.5 Å². The SMILES string of the molecule is COc1cccc(F)c1-c1nccc(C(=O)Nc2cc(F)ccc2N2CCNCC2)c1F. The van der Waals surface area contributed by atoms with E-state index < -0.39 is 23.4 Å². The molecular weight excluding hydrogens is 421 g/mol. The van der Waals surface area contributed by atoms with Crippen molar-refractivity contribution in [1.82, 2.24) is 10.3 Å². The van der Waals surface area contributed by atoms with Gasteiger partial charge in [-0.1, -0.05) is 6.07 Å². The van der Waals surface area contributed by atoms with Gasteiger partial charge in [-0.05, 0) is 36.4 Å². The van der Waals surface area contributed by atoms with Crippen LogP contribution in [0.1, 0.15) is 10.4 Å². The van der Waals surface area contributed by atoms with E-state index in [1.54, 1.807) is 6.07 Å². The Morgan fingerprint density at radius 3 is 2.66 bits per heavy atom. The summed E-state index contributed by atoms with van der Waals surface area (Å²) in [5.41, 5.74) is -0.0377. The maximum Gasteiger partial charge on any atom is 0.258 e. The second kappa shape index (κ2) is 9.27. The van der Waals surface area contributed by atoms with E-state index in [1.807, 2.05) is 4.90 Å². The standard InChI is InChI=1S/C23H21F3N4O2/c1-32-19-4-2-3-16(25)20(19)22-21(26)15(7-8-28-22)23(31)29-17-13-14(24)5-6-18(17)30-11-9-27-10-12-30/h2-8,13,27H,9-12H2,1H3,(H,29,31). The van der Waals surface area contributed by atoms with Crippen LogP contribution in [-0.4, -0.2) is 44.2 Å². The molecule has 6 nitrogen and oxygen atoms in total. The summed E-state index contributed by atoms with van der Waals surface area (Å²) in [6.07, 6.45) is 1.21. The van der Waals surface area contributed by atoms with E-state index in [1.165, 1.54) is 43.6 Å². The molecule has 0 radical (unpaired) electrons. The monoisotopic (exact) mass is 442 g/mol. The molecule has 4 rings (SSSR count). The number of pyridine rings is 1. The molecule has 1 aliphatic rings. The molecule has 1 fully saturated rings. The van der Waals surface area contributed by atoms with Crippen molar-refractivity contribution in [3.8, 4) is 17.0 Å². The number of nitrogens with one attached hydrogen (secondary N) is 2. The summed E-state index contributed by atoms with van der Waals surface area (Å²) in [6.45, 7) is 2.85. The Kier molecular flexibility index (Phi) is 6.27. The molecule has 1 aromatic heterocycles. The molecule has 1 saturated heterocycles. The number of carbonyl (C=O) groups is 1. The normalized spacial score (nSPS) is 13.7. The smallest absolute Gasteiger partial charge is 0.258 e. The number of methoxy groups -OCH3 is 1. The van der Waals surface area contributed by atoms with Crippen LogP contribution < -0.4 is 20.3 Å². The predicted molar refractivity (Wildman–Crippen MR) is 116 cm³/mol. The van der Waals surface area contributed by atoms with Crippen LogP contribution in [0.4, 0.5) is 24.5 Å². The Morgan fingerprint density at radius 2 is 1.91 bits per heavy atom. The van der Waals surface area contributed by atoms with Gasteiger partial charge in [-0.2, -0.15) is 0 Å². The number of amides is 1. The molecule has 32 heavy (non-hydrogen) atoms. The van der Waals surface area contributed by atoms with Crippen molar-refractivity contribution in [3.63, 3.8) is 0 Å². The van der Waals surface area contributed by atoms with Crippen LogP contribution >= 0.6 is 0 Å². The van der Waals surface area contributed by atoms with Crippen molar-refractivity contribution in [3.05, 3.63) is 71.7 Å². The predicted octanol–water partition coefficient (Wildman–Crippen LogP) is 3.84. The fraction of sp³-hybridized carbons (Fsp3) is 0.217. The van der Waals surface area contributed by atoms with E-state index in [0.717, 1.165) is 19.2 Å². The minimum Gasteiger partial charge on any atom is -0.496 e. The lowest BCUT2D eigenvalue weighted by Crippen LogP contribution is -2.43. The van der Waals surface area contributed by atoms with Crippen LogP contribution in [0.3, 0.4) is 0 Å². The third kappa shape index (κ3) is 4.24. The number of piperazine rings is 1. The number of hydrogen-bond acceptors (Lipinski definition) is 5. The summed E-state index contributed by atoms with van der Waals surface area (Å²) in [4.78, 5) is 18.9. The molecule has 3 aromatic rings. The van der Waals surface area contributed by atoms with Crippen LogP contribution in [0.25, 0.3) is 11.3 Å². The summed E-state index contributed by atoms with van der Waals surface area (Å²) in [7, 11) is 1.33. The lowest BCUT2D eigenvalue weighted by Gasteiger charge is -2.31. The minimum atomic E-state index is -1.01. The number of halogens is 3. The van der Waals surface area contributed by atoms with Gasteiger partial charge in [0.2, 0.25) is 0 Å². The number of hydrogen-bond donors (Lipinski definition) is 2. The summed E-state index contributed by atoms with van der Waals surface area (Å²) in [5.74, 6) is -3.00. The van der Waals surface area contributed by atoms with Gasteiger partial charge in [0.25, 0.3) is 5.91 Å². The third-order valence-corrected chi connectivity index (χ3v) is 5.23. The summed E-state index contributed by atoms with van der Waals surface area (Å²) in [6, 6.07) is 9.31. The van der Waals surface area contributed by atoms with Crippen molar-refractivity contribution in [1.29, 1.82) is 0 Å². The van der Waals surface area contributed by atoms with Gasteiger partial charge in [-0.25, -0.2) is 13.2 Å². The van der Waals surface area contributed by atoms with Crippen molar-refractivity contribution >= 4 is 17.3 Å². The average molecular weight is 442 g/mol. The largest absolute Gasteiger partial charge is 0.496 e. The van der Waals surface area contributed by atoms with Gasteiger partial charge < -0.3 is 20.3 Å². The second-order valence-corrected chi connectivity index (χ2v) is 7.19. The van der Waals surface area contributed by atoms with Gasteiger partial charge in [0.15, 0.2) is 5.82 Å². The molecule has 0 spiro atoms. The first kappa shape index (κ1) is 21.6. The molecule has 0 saturated carbocycles. The third-order valence-electron chi connectivity index (χ3n) is 5.23. The summed E-state index contributed by atoms with van der Waals surface area (Å²) in [5, 5.41) is 5.82. The van der Waals surface area contributed by atoms with E-state index in [2.05, 4.69) is 15.6 Å². The number of benzene rings is 2. The zero-order valence-corrected chi connectivity index (χ0v) is 17.3. The van der Waals surface area contributed by atoms with Gasteiger partial charge in [0.05, 0.1) is 29.6 Å². The van der Waals surface area contributed by atoms with Crippen LogP contribution in [-0.2, 0) is 0 Å². The van der Waals surface area contributed by atoms with Crippen LogP contribution in [0.15, 0.2) is 48.7 Å². The van der Waals surface area contributed by atoms with Crippen molar-refractivity contribution < 1.29 is 22.7 Å². The molecule has 166 valence electrons. The summed E-state index contributed by atoms with van der Waals surface area (Å²) < 4.78 is 48.8. The molecular formula is C23H21F3N4O2. The average Bonchev–Trinajstić information content (AvgIpc) is 2.80. The fourth-order valence-corrected chi connectivity index (χ4v) is 3.68. The van der Waals surface area contributed by atoms with E-state index in [9.17, 15) is 13.6 Å². The van der Waals surface area contributed by atoms with Gasteiger partial charge in [-0.15, -0.1) is 0 Å². The fourth-order valence-electron chi connectivity index (χ4n) is 3.68. The Balaban J connectivity index is 1.69. The Bertz CT molecular complexity index is 1150. The van der Waals surface area contributed by atoms with Gasteiger partial charge in [0, 0.05) is 32.4 Å². The number of nitrogens with zero attached hydrogens (tertiary/aromatic N) is 2. The summed E-state index contributed by atoms with van der Waals surface area (Å²) >= 11 is 0. The number of aromatic nitrogens is 1. The van der Waals surface area contributed by atoms with Crippen molar-refractivity contribution in [2.24, 2.45) is 0 Å². The van der Waals surface area contributed by atoms with E-state index >= 15 is 4.39 Å². The van der Waals surface area contributed by atoms with E-state index in [0.29, 0.717) is 18.8 Å². The van der Waals surface area contributed by atoms with Gasteiger partial charge in [-0.3, -0.25) is 9.78 Å². The molecule has 0 unspecified atom stereocenters. The maximum absolute atomic E-state index is 15.3. The lowest BCUT2D eigenvalue weighted by molar-refractivity contribution is 0.102. The zero-order chi connectivity index (χ0) is 22.7. The quantitative estimate of drug-likeness (QED) is 0.629. The molecule has 2 aromatic carbocycles. The lowest BCUT2D eigenvalue weighted by atomic mass is 10.1. The maximum atomic E-state index is 15.3. The molecule has 0 atom stereocenters. The van der Waals surface area contributed by atoms with E-state index in [4.69, 9.17) is 4.74 Å². The Hall–Kier alpha value is -3.59. The molecule has 2 heterocycles. The highest BCUT2D eigenvalue weighted by atomic mass is 19.1. The van der Waals surface area contributed by atoms with Crippen LogP contribution in [0.5, 0.6) is 5.75 Å². The molecule has 9 heteroatoms. The first-order valence-electron chi connectivity index (χ1n) is 10.0. The molecule has 0 aliphatic carbocycles. The minimum absolute atomic E-state index is 0.0834. The number of carbonyl (C=O) groups excluding carboxylic acids is 1. The molecule has 0 bridgehead atoms. The van der Waals surface area contributed by atoms with Crippen LogP contribution in [0.2, 0.25) is 0 Å². The van der Waals surface area contributed by atoms with Crippen molar-refractivity contribution in [2.45, 2.75) is 0 Å². The van der Waals surface area contributed by atoms with E-state index in [-0.39, 0.29) is 28.3 Å². The zero-order valence-electron chi connectivity index (χ0n) is 17.3. The first-order valence-corrected chi connectivity index (χ1v) is 10.0. The van der Waals surface area contributed by atoms with Gasteiger partial charge >= 0.3 is 0 Å². The topological polar surface area (TPSA) is 66.5 Å². The Labute approximate surface area is 183 Å². The Morgan fingerprint density at radius 1 is 1.12 bits per heavy atom. The highest BCUT2D eigenvalue weighted by Gasteiger charge is 2.23. The molecule has 1 amide bonds.